The molecule has 0 aliphatic heterocycles. The molecule has 2 N–H and O–H groups in total. The summed E-state index contributed by atoms with van der Waals surface area (Å²) in [5, 5.41) is 5.30. The van der Waals surface area contributed by atoms with E-state index in [9.17, 15) is 9.59 Å². The van der Waals surface area contributed by atoms with Gasteiger partial charge in [0.15, 0.2) is 11.5 Å². The summed E-state index contributed by atoms with van der Waals surface area (Å²) in [5.74, 6) is 0.312. The molecule has 0 saturated carbocycles. The van der Waals surface area contributed by atoms with Crippen molar-refractivity contribution in [2.45, 2.75) is 13.3 Å². The van der Waals surface area contributed by atoms with Crippen molar-refractivity contribution in [2.24, 2.45) is 0 Å². The Morgan fingerprint density at radius 3 is 2.54 bits per heavy atom. The average molecular weight is 421 g/mol. The zero-order valence-electron chi connectivity index (χ0n) is 14.7. The average Bonchev–Trinajstić information content (AvgIpc) is 2.65. The van der Waals surface area contributed by atoms with Crippen LogP contribution in [-0.4, -0.2) is 32.1 Å². The van der Waals surface area contributed by atoms with Crippen LogP contribution in [0.4, 0.5) is 5.69 Å². The summed E-state index contributed by atoms with van der Waals surface area (Å²) in [6, 6.07) is 12.3. The molecule has 2 aromatic carbocycles. The number of benzene rings is 2. The first-order valence-electron chi connectivity index (χ1n) is 8.18. The topological polar surface area (TPSA) is 76.7 Å². The number of halogens is 1. The molecule has 2 rings (SSSR count). The highest BCUT2D eigenvalue weighted by Gasteiger charge is 2.16. The molecule has 2 aromatic rings. The molecule has 6 nitrogen and oxygen atoms in total. The van der Waals surface area contributed by atoms with Crippen LogP contribution in [0.5, 0.6) is 11.5 Å². The molecule has 0 saturated heterocycles. The quantitative estimate of drug-likeness (QED) is 0.683. The van der Waals surface area contributed by atoms with Crippen molar-refractivity contribution in [2.75, 3.05) is 25.6 Å². The van der Waals surface area contributed by atoms with Gasteiger partial charge in [0.25, 0.3) is 5.91 Å². The Hall–Kier alpha value is -2.54. The van der Waals surface area contributed by atoms with Crippen LogP contribution in [0.1, 0.15) is 23.7 Å². The number of carbonyl (C=O) groups excluding carboxylic acids is 2. The summed E-state index contributed by atoms with van der Waals surface area (Å²) in [5.41, 5.74) is 1.04. The molecule has 0 fully saturated rings. The summed E-state index contributed by atoms with van der Waals surface area (Å²) < 4.78 is 11.6. The molecule has 0 aliphatic rings. The van der Waals surface area contributed by atoms with E-state index in [1.165, 1.54) is 7.11 Å². The molecule has 0 bridgehead atoms. The molecule has 0 radical (unpaired) electrons. The number of ether oxygens (including phenoxy) is 2. The minimum atomic E-state index is -0.380. The number of methoxy groups -OCH3 is 1. The molecular formula is C19H21BrN2O4. The van der Waals surface area contributed by atoms with Crippen LogP contribution in [0.2, 0.25) is 0 Å². The van der Waals surface area contributed by atoms with Crippen molar-refractivity contribution in [3.63, 3.8) is 0 Å². The molecule has 26 heavy (non-hydrogen) atoms. The van der Waals surface area contributed by atoms with Crippen molar-refractivity contribution in [3.05, 3.63) is 52.5 Å². The van der Waals surface area contributed by atoms with Crippen LogP contribution in [0.25, 0.3) is 0 Å². The SMILES string of the molecule is CCCOc1c(Br)cc(C(=O)NCC(=O)Nc2ccccc2)cc1OC. The van der Waals surface area contributed by atoms with Crippen LogP contribution >= 0.6 is 15.9 Å². The van der Waals surface area contributed by atoms with E-state index < -0.39 is 0 Å². The number of carbonyl (C=O) groups is 2. The molecule has 0 aromatic heterocycles. The third-order valence-corrected chi connectivity index (χ3v) is 4.00. The van der Waals surface area contributed by atoms with Crippen molar-refractivity contribution < 1.29 is 19.1 Å². The molecule has 2 amide bonds. The first-order valence-corrected chi connectivity index (χ1v) is 8.97. The van der Waals surface area contributed by atoms with Crippen LogP contribution in [0, 0.1) is 0 Å². The Bertz CT molecular complexity index is 766. The highest BCUT2D eigenvalue weighted by Crippen LogP contribution is 2.36. The monoisotopic (exact) mass is 420 g/mol. The smallest absolute Gasteiger partial charge is 0.251 e. The Morgan fingerprint density at radius 2 is 1.88 bits per heavy atom. The predicted octanol–water partition coefficient (Wildman–Crippen LogP) is 3.62. The number of amides is 2. The van der Waals surface area contributed by atoms with Gasteiger partial charge in [0.05, 0.1) is 24.7 Å². The molecule has 0 heterocycles. The third-order valence-electron chi connectivity index (χ3n) is 3.41. The first kappa shape index (κ1) is 19.8. The number of rotatable bonds is 8. The summed E-state index contributed by atoms with van der Waals surface area (Å²) in [6.45, 7) is 2.41. The number of hydrogen-bond donors (Lipinski definition) is 2. The normalized spacial score (nSPS) is 10.1. The zero-order valence-corrected chi connectivity index (χ0v) is 16.3. The van der Waals surface area contributed by atoms with Crippen LogP contribution in [0.15, 0.2) is 46.9 Å². The van der Waals surface area contributed by atoms with E-state index in [-0.39, 0.29) is 18.4 Å². The number of anilines is 1. The van der Waals surface area contributed by atoms with Gasteiger partial charge < -0.3 is 20.1 Å². The van der Waals surface area contributed by atoms with Gasteiger partial charge in [-0.05, 0) is 46.6 Å². The fourth-order valence-corrected chi connectivity index (χ4v) is 2.74. The van der Waals surface area contributed by atoms with Gasteiger partial charge >= 0.3 is 0 Å². The molecule has 0 unspecified atom stereocenters. The Balaban J connectivity index is 2.00. The summed E-state index contributed by atoms with van der Waals surface area (Å²) in [7, 11) is 1.51. The third kappa shape index (κ3) is 5.49. The Kier molecular flexibility index (Phi) is 7.47. The van der Waals surface area contributed by atoms with Gasteiger partial charge in [-0.25, -0.2) is 0 Å². The van der Waals surface area contributed by atoms with Crippen molar-refractivity contribution in [3.8, 4) is 11.5 Å². The van der Waals surface area contributed by atoms with Gasteiger partial charge in [-0.2, -0.15) is 0 Å². The summed E-state index contributed by atoms with van der Waals surface area (Å²) in [6.07, 6.45) is 0.856. The van der Waals surface area contributed by atoms with Gasteiger partial charge in [-0.3, -0.25) is 9.59 Å². The number of para-hydroxylation sites is 1. The molecule has 138 valence electrons. The maximum absolute atomic E-state index is 12.3. The fourth-order valence-electron chi connectivity index (χ4n) is 2.18. The highest BCUT2D eigenvalue weighted by atomic mass is 79.9. The lowest BCUT2D eigenvalue weighted by atomic mass is 10.2. The van der Waals surface area contributed by atoms with E-state index in [4.69, 9.17) is 9.47 Å². The second-order valence-corrected chi connectivity index (χ2v) is 6.29. The molecule has 0 atom stereocenters. The predicted molar refractivity (Wildman–Crippen MR) is 104 cm³/mol. The second-order valence-electron chi connectivity index (χ2n) is 5.43. The lowest BCUT2D eigenvalue weighted by Gasteiger charge is -2.14. The molecule has 0 aliphatic carbocycles. The Morgan fingerprint density at radius 1 is 1.15 bits per heavy atom. The standard InChI is InChI=1S/C19H21BrN2O4/c1-3-9-26-18-15(20)10-13(11-16(18)25-2)19(24)21-12-17(23)22-14-7-5-4-6-8-14/h4-8,10-11H,3,9,12H2,1-2H3,(H,21,24)(H,22,23). The maximum Gasteiger partial charge on any atom is 0.251 e. The highest BCUT2D eigenvalue weighted by molar-refractivity contribution is 9.10. The van der Waals surface area contributed by atoms with E-state index in [0.29, 0.717) is 33.8 Å². The number of hydrogen-bond acceptors (Lipinski definition) is 4. The molecule has 7 heteroatoms. The van der Waals surface area contributed by atoms with E-state index in [2.05, 4.69) is 26.6 Å². The number of nitrogens with one attached hydrogen (secondary N) is 2. The lowest BCUT2D eigenvalue weighted by molar-refractivity contribution is -0.115. The molecule has 0 spiro atoms. The van der Waals surface area contributed by atoms with Gasteiger partial charge in [0.1, 0.15) is 0 Å². The minimum absolute atomic E-state index is 0.137. The zero-order chi connectivity index (χ0) is 18.9. The Labute approximate surface area is 161 Å². The van der Waals surface area contributed by atoms with Crippen LogP contribution in [0.3, 0.4) is 0 Å². The van der Waals surface area contributed by atoms with Gasteiger partial charge in [0, 0.05) is 11.3 Å². The van der Waals surface area contributed by atoms with E-state index in [1.807, 2.05) is 25.1 Å². The van der Waals surface area contributed by atoms with Gasteiger partial charge in [0.2, 0.25) is 5.91 Å². The van der Waals surface area contributed by atoms with Crippen molar-refractivity contribution >= 4 is 33.4 Å². The molecular weight excluding hydrogens is 400 g/mol. The van der Waals surface area contributed by atoms with E-state index in [1.54, 1.807) is 24.3 Å². The van der Waals surface area contributed by atoms with Crippen LogP contribution in [-0.2, 0) is 4.79 Å². The summed E-state index contributed by atoms with van der Waals surface area (Å²) >= 11 is 3.40. The first-order chi connectivity index (χ1) is 12.5. The van der Waals surface area contributed by atoms with Crippen molar-refractivity contribution in [1.82, 2.24) is 5.32 Å². The summed E-state index contributed by atoms with van der Waals surface area (Å²) in [4.78, 5) is 24.3. The van der Waals surface area contributed by atoms with Crippen LogP contribution < -0.4 is 20.1 Å². The van der Waals surface area contributed by atoms with Crippen molar-refractivity contribution in [1.29, 1.82) is 0 Å². The van der Waals surface area contributed by atoms with E-state index in [0.717, 1.165) is 6.42 Å². The second kappa shape index (κ2) is 9.82. The van der Waals surface area contributed by atoms with Gasteiger partial charge in [-0.1, -0.05) is 25.1 Å². The van der Waals surface area contributed by atoms with Gasteiger partial charge in [-0.15, -0.1) is 0 Å². The van der Waals surface area contributed by atoms with E-state index >= 15 is 0 Å². The minimum Gasteiger partial charge on any atom is -0.493 e. The lowest BCUT2D eigenvalue weighted by Crippen LogP contribution is -2.32. The maximum atomic E-state index is 12.3. The fraction of sp³-hybridized carbons (Fsp3) is 0.263. The largest absolute Gasteiger partial charge is 0.493 e.